The van der Waals surface area contributed by atoms with E-state index in [0.29, 0.717) is 23.9 Å². The lowest BCUT2D eigenvalue weighted by molar-refractivity contribution is 0.603. The Labute approximate surface area is 333 Å². The van der Waals surface area contributed by atoms with E-state index in [-0.39, 0.29) is 0 Å². The first-order chi connectivity index (χ1) is 28.7. The fourth-order valence-corrected chi connectivity index (χ4v) is 8.05. The van der Waals surface area contributed by atoms with E-state index >= 15 is 0 Å². The van der Waals surface area contributed by atoms with Gasteiger partial charge in [-0.25, -0.2) is 15.0 Å². The molecule has 7 aromatic carbocycles. The number of rotatable bonds is 8. The highest BCUT2D eigenvalue weighted by molar-refractivity contribution is 6.13. The fourth-order valence-electron chi connectivity index (χ4n) is 8.05. The van der Waals surface area contributed by atoms with Crippen LogP contribution in [0, 0.1) is 0 Å². The summed E-state index contributed by atoms with van der Waals surface area (Å²) in [7, 11) is 0. The van der Waals surface area contributed by atoms with Crippen LogP contribution < -0.4 is 0 Å². The lowest BCUT2D eigenvalue weighted by Crippen LogP contribution is -2.02. The molecule has 4 heterocycles. The Morgan fingerprint density at radius 3 is 1.78 bits per heavy atom. The zero-order valence-electron chi connectivity index (χ0n) is 31.2. The molecule has 0 saturated heterocycles. The normalized spacial score (nSPS) is 11.9. The highest BCUT2D eigenvalue weighted by Gasteiger charge is 2.22. The molecule has 11 aromatic rings. The van der Waals surface area contributed by atoms with Gasteiger partial charge in [-0.2, -0.15) is 0 Å². The van der Waals surface area contributed by atoms with Crippen molar-refractivity contribution in [3.63, 3.8) is 0 Å². The van der Waals surface area contributed by atoms with E-state index < -0.39 is 0 Å². The molecule has 0 spiro atoms. The number of hydrogen-bond acceptors (Lipinski definition) is 6. The molecule has 274 valence electrons. The summed E-state index contributed by atoms with van der Waals surface area (Å²) in [6.07, 6.45) is 6.58. The van der Waals surface area contributed by atoms with Crippen LogP contribution in [0.5, 0.6) is 0 Å². The molecule has 0 fully saturated rings. The number of nitrogens with zero attached hydrogens (tertiary/aromatic N) is 3. The summed E-state index contributed by atoms with van der Waals surface area (Å²) in [6.45, 7) is 4.07. The number of furan rings is 3. The van der Waals surface area contributed by atoms with Crippen LogP contribution in [-0.2, 0) is 6.42 Å². The summed E-state index contributed by atoms with van der Waals surface area (Å²) in [5.74, 6) is 2.45. The molecule has 0 aliphatic carbocycles. The molecule has 0 bridgehead atoms. The van der Waals surface area contributed by atoms with Crippen molar-refractivity contribution in [2.45, 2.75) is 6.42 Å². The lowest BCUT2D eigenvalue weighted by atomic mass is 9.97. The molecule has 0 aliphatic heterocycles. The highest BCUT2D eigenvalue weighted by Crippen LogP contribution is 2.40. The van der Waals surface area contributed by atoms with Crippen molar-refractivity contribution >= 4 is 67.0 Å². The molecule has 0 saturated carbocycles. The number of aromatic nitrogens is 3. The number of para-hydroxylation sites is 3. The second-order valence-electron chi connectivity index (χ2n) is 14.3. The molecule has 4 aromatic heterocycles. The van der Waals surface area contributed by atoms with Gasteiger partial charge in [-0.05, 0) is 71.7 Å². The highest BCUT2D eigenvalue weighted by atomic mass is 16.3. The van der Waals surface area contributed by atoms with Gasteiger partial charge in [-0.1, -0.05) is 134 Å². The summed E-state index contributed by atoms with van der Waals surface area (Å²) < 4.78 is 18.9. The smallest absolute Gasteiger partial charge is 0.165 e. The summed E-state index contributed by atoms with van der Waals surface area (Å²) in [4.78, 5) is 15.8. The molecule has 0 amide bonds. The summed E-state index contributed by atoms with van der Waals surface area (Å²) in [5, 5.41) is 5.02. The molecule has 0 atom stereocenters. The quantitative estimate of drug-likeness (QED) is 0.154. The Hall–Kier alpha value is -7.83. The molecule has 11 rings (SSSR count). The summed E-state index contributed by atoms with van der Waals surface area (Å²) in [6, 6.07) is 53.3. The van der Waals surface area contributed by atoms with Gasteiger partial charge in [-0.15, -0.1) is 0 Å². The third kappa shape index (κ3) is 5.70. The van der Waals surface area contributed by atoms with Gasteiger partial charge >= 0.3 is 0 Å². The summed E-state index contributed by atoms with van der Waals surface area (Å²) in [5.41, 5.74) is 10.9. The third-order valence-electron chi connectivity index (χ3n) is 10.8. The lowest BCUT2D eigenvalue weighted by Gasteiger charge is -2.13. The molecule has 0 radical (unpaired) electrons. The predicted octanol–water partition coefficient (Wildman–Crippen LogP) is 14.0. The van der Waals surface area contributed by atoms with E-state index in [0.717, 1.165) is 99.6 Å². The van der Waals surface area contributed by atoms with Crippen molar-refractivity contribution in [1.82, 2.24) is 15.0 Å². The molecule has 0 aliphatic rings. The molecular formula is C52H33N3O3. The topological polar surface area (TPSA) is 78.1 Å². The number of fused-ring (bicyclic) bond motifs is 7. The molecule has 0 unspecified atom stereocenters. The second-order valence-corrected chi connectivity index (χ2v) is 14.3. The Bertz CT molecular complexity index is 3390. The monoisotopic (exact) mass is 747 g/mol. The standard InChI is InChI=1S/C52H33N3O3/c1-2-37-38-16-6-9-19-43(38)56-42(37)22-12-15-34-27-30-47-49(40-18-8-11-21-45(40)58-47)48(34)52-54-50(35-25-23-33(24-26-35)32-13-4-3-5-14-32)53-51(55-52)36-28-29-46-41(31-36)39-17-7-10-20-44(39)57-46/h2-14,16-31H,1,15H2/b22-12-. The zero-order chi connectivity index (χ0) is 38.6. The van der Waals surface area contributed by atoms with E-state index in [4.69, 9.17) is 28.2 Å². The molecule has 6 nitrogen and oxygen atoms in total. The Kier molecular flexibility index (Phi) is 7.93. The van der Waals surface area contributed by atoms with Crippen LogP contribution in [0.4, 0.5) is 0 Å². The Morgan fingerprint density at radius 2 is 1.00 bits per heavy atom. The van der Waals surface area contributed by atoms with Crippen molar-refractivity contribution in [3.05, 3.63) is 187 Å². The Balaban J connectivity index is 1.11. The van der Waals surface area contributed by atoms with Gasteiger partial charge in [0.1, 0.15) is 33.7 Å². The van der Waals surface area contributed by atoms with E-state index in [1.807, 2.05) is 91.0 Å². The minimum atomic E-state index is 0.556. The maximum absolute atomic E-state index is 6.45. The van der Waals surface area contributed by atoms with Crippen LogP contribution in [0.15, 0.2) is 184 Å². The molecular weight excluding hydrogens is 715 g/mol. The van der Waals surface area contributed by atoms with Crippen molar-refractivity contribution < 1.29 is 13.3 Å². The van der Waals surface area contributed by atoms with Gasteiger partial charge in [0.15, 0.2) is 17.5 Å². The van der Waals surface area contributed by atoms with Gasteiger partial charge in [-0.3, -0.25) is 0 Å². The summed E-state index contributed by atoms with van der Waals surface area (Å²) >= 11 is 0. The van der Waals surface area contributed by atoms with Crippen LogP contribution in [0.2, 0.25) is 0 Å². The van der Waals surface area contributed by atoms with Crippen molar-refractivity contribution in [2.75, 3.05) is 0 Å². The first-order valence-corrected chi connectivity index (χ1v) is 19.3. The number of hydrogen-bond donors (Lipinski definition) is 0. The third-order valence-corrected chi connectivity index (χ3v) is 10.8. The van der Waals surface area contributed by atoms with Gasteiger partial charge in [0.05, 0.1) is 0 Å². The van der Waals surface area contributed by atoms with Gasteiger partial charge in [0.25, 0.3) is 0 Å². The van der Waals surface area contributed by atoms with Gasteiger partial charge in [0, 0.05) is 49.2 Å². The number of allylic oxidation sites excluding steroid dienone is 1. The minimum absolute atomic E-state index is 0.556. The first-order valence-electron chi connectivity index (χ1n) is 19.3. The average Bonchev–Trinajstić information content (AvgIpc) is 3.97. The van der Waals surface area contributed by atoms with Crippen LogP contribution in [0.1, 0.15) is 16.9 Å². The average molecular weight is 748 g/mol. The van der Waals surface area contributed by atoms with Crippen molar-refractivity contribution in [1.29, 1.82) is 0 Å². The molecule has 0 N–H and O–H groups in total. The van der Waals surface area contributed by atoms with E-state index in [2.05, 4.69) is 91.5 Å². The maximum Gasteiger partial charge on any atom is 0.165 e. The van der Waals surface area contributed by atoms with E-state index in [1.165, 1.54) is 0 Å². The van der Waals surface area contributed by atoms with E-state index in [1.54, 1.807) is 0 Å². The Morgan fingerprint density at radius 1 is 0.448 bits per heavy atom. The number of benzene rings is 7. The SMILES string of the molecule is C=Cc1c(/C=C\Cc2ccc3oc4ccccc4c3c2-c2nc(-c3ccc(-c4ccccc4)cc3)nc(-c3ccc4oc5ccccc5c4c3)n2)oc2ccccc12. The fraction of sp³-hybridized carbons (Fsp3) is 0.0192. The van der Waals surface area contributed by atoms with Crippen molar-refractivity contribution in [2.24, 2.45) is 0 Å². The maximum atomic E-state index is 6.45. The van der Waals surface area contributed by atoms with Crippen LogP contribution in [0.3, 0.4) is 0 Å². The van der Waals surface area contributed by atoms with Crippen LogP contribution in [-0.4, -0.2) is 15.0 Å². The second kappa shape index (κ2) is 13.7. The minimum Gasteiger partial charge on any atom is -0.456 e. The predicted molar refractivity (Wildman–Crippen MR) is 235 cm³/mol. The van der Waals surface area contributed by atoms with Crippen molar-refractivity contribution in [3.8, 4) is 45.3 Å². The zero-order valence-corrected chi connectivity index (χ0v) is 31.2. The van der Waals surface area contributed by atoms with Crippen LogP contribution >= 0.6 is 0 Å². The molecule has 58 heavy (non-hydrogen) atoms. The first kappa shape index (κ1) is 33.5. The van der Waals surface area contributed by atoms with Gasteiger partial charge < -0.3 is 13.3 Å². The molecule has 6 heteroatoms. The van der Waals surface area contributed by atoms with Crippen LogP contribution in [0.25, 0.3) is 112 Å². The van der Waals surface area contributed by atoms with Gasteiger partial charge in [0.2, 0.25) is 0 Å². The largest absolute Gasteiger partial charge is 0.456 e. The van der Waals surface area contributed by atoms with E-state index in [9.17, 15) is 0 Å².